The Balaban J connectivity index is 2.28. The first-order valence-corrected chi connectivity index (χ1v) is 7.82. The molecule has 1 N–H and O–H groups in total. The van der Waals surface area contributed by atoms with Crippen LogP contribution >= 0.6 is 0 Å². The molecule has 0 radical (unpaired) electrons. The summed E-state index contributed by atoms with van der Waals surface area (Å²) in [6, 6.07) is 4.75. The molecule has 3 aromatic rings. The second-order valence-corrected chi connectivity index (χ2v) is 5.70. The van der Waals surface area contributed by atoms with E-state index in [4.69, 9.17) is 4.74 Å². The van der Waals surface area contributed by atoms with Crippen LogP contribution in [-0.4, -0.2) is 22.0 Å². The molecule has 0 saturated heterocycles. The first-order valence-electron chi connectivity index (χ1n) is 7.82. The Hall–Kier alpha value is -3.03. The molecule has 2 heterocycles. The van der Waals surface area contributed by atoms with Gasteiger partial charge in [-0.25, -0.2) is 4.79 Å². The summed E-state index contributed by atoms with van der Waals surface area (Å²) >= 11 is 0. The van der Waals surface area contributed by atoms with Crippen molar-refractivity contribution >= 4 is 28.6 Å². The highest BCUT2D eigenvalue weighted by atomic mass is 19.4. The molecule has 0 atom stereocenters. The van der Waals surface area contributed by atoms with Crippen LogP contribution in [0.15, 0.2) is 35.1 Å². The Morgan fingerprint density at radius 3 is 2.65 bits per heavy atom. The number of alkyl halides is 3. The summed E-state index contributed by atoms with van der Waals surface area (Å²) in [6.07, 6.45) is -1.81. The number of carbonyl (C=O) groups excluding carboxylic acids is 1. The molecule has 3 rings (SSSR count). The number of hydrogen-bond acceptors (Lipinski definition) is 3. The van der Waals surface area contributed by atoms with Crippen LogP contribution in [0.3, 0.4) is 0 Å². The smallest absolute Gasteiger partial charge is 0.416 e. The van der Waals surface area contributed by atoms with Crippen LogP contribution < -0.4 is 5.56 Å². The normalized spacial score (nSPS) is 12.3. The van der Waals surface area contributed by atoms with Gasteiger partial charge in [0.2, 0.25) is 0 Å². The molecule has 0 fully saturated rings. The van der Waals surface area contributed by atoms with E-state index in [-0.39, 0.29) is 17.6 Å². The minimum atomic E-state index is -4.51. The lowest BCUT2D eigenvalue weighted by atomic mass is 10.2. The fourth-order valence-electron chi connectivity index (χ4n) is 2.81. The fraction of sp³-hybridized carbons (Fsp3) is 0.222. The van der Waals surface area contributed by atoms with Crippen molar-refractivity contribution in [2.45, 2.75) is 20.0 Å². The van der Waals surface area contributed by atoms with Crippen molar-refractivity contribution in [1.29, 1.82) is 0 Å². The van der Waals surface area contributed by atoms with Crippen molar-refractivity contribution in [3.8, 4) is 0 Å². The molecule has 1 aromatic carbocycles. The number of hydrogen-bond donors (Lipinski definition) is 1. The second kappa shape index (κ2) is 6.36. The van der Waals surface area contributed by atoms with E-state index in [0.29, 0.717) is 16.8 Å². The van der Waals surface area contributed by atoms with Gasteiger partial charge >= 0.3 is 12.1 Å². The Kier molecular flexibility index (Phi) is 4.35. The van der Waals surface area contributed by atoms with Gasteiger partial charge in [-0.2, -0.15) is 13.2 Å². The number of aromatic nitrogens is 2. The minimum absolute atomic E-state index is 0.0544. The van der Waals surface area contributed by atoms with Crippen molar-refractivity contribution in [3.05, 3.63) is 57.5 Å². The molecule has 8 heteroatoms. The first-order chi connectivity index (χ1) is 12.2. The van der Waals surface area contributed by atoms with Gasteiger partial charge in [0.05, 0.1) is 23.2 Å². The lowest BCUT2D eigenvalue weighted by molar-refractivity contribution is -0.138. The number of aryl methyl sites for hydroxylation is 1. The Labute approximate surface area is 145 Å². The quantitative estimate of drug-likeness (QED) is 0.570. The summed E-state index contributed by atoms with van der Waals surface area (Å²) in [5.74, 6) is -0.546. The van der Waals surface area contributed by atoms with E-state index < -0.39 is 23.3 Å². The summed E-state index contributed by atoms with van der Waals surface area (Å²) in [7, 11) is 0. The first kappa shape index (κ1) is 17.8. The van der Waals surface area contributed by atoms with Gasteiger partial charge in [-0.1, -0.05) is 0 Å². The number of ether oxygens (including phenoxy) is 1. The third-order valence-corrected chi connectivity index (χ3v) is 3.95. The van der Waals surface area contributed by atoms with Crippen LogP contribution in [0.2, 0.25) is 0 Å². The molecule has 0 spiro atoms. The highest BCUT2D eigenvalue weighted by molar-refractivity contribution is 5.88. The molecule has 0 aliphatic rings. The largest absolute Gasteiger partial charge is 0.463 e. The van der Waals surface area contributed by atoms with E-state index in [2.05, 4.69) is 4.98 Å². The lowest BCUT2D eigenvalue weighted by Crippen LogP contribution is -2.12. The molecular formula is C18H15F3N2O3. The summed E-state index contributed by atoms with van der Waals surface area (Å²) < 4.78 is 45.2. The number of halogens is 3. The van der Waals surface area contributed by atoms with Crippen LogP contribution in [0, 0.1) is 6.92 Å². The van der Waals surface area contributed by atoms with Gasteiger partial charge in [0.1, 0.15) is 5.52 Å². The van der Waals surface area contributed by atoms with Gasteiger partial charge in [0, 0.05) is 11.8 Å². The Bertz CT molecular complexity index is 1090. The molecule has 0 aliphatic heterocycles. The summed E-state index contributed by atoms with van der Waals surface area (Å²) in [6.45, 7) is 3.64. The maximum atomic E-state index is 12.9. The van der Waals surface area contributed by atoms with Crippen molar-refractivity contribution in [2.24, 2.45) is 0 Å². The molecule has 0 aliphatic carbocycles. The highest BCUT2D eigenvalue weighted by Gasteiger charge is 2.30. The van der Waals surface area contributed by atoms with E-state index in [1.807, 2.05) is 0 Å². The molecule has 26 heavy (non-hydrogen) atoms. The Morgan fingerprint density at radius 2 is 2.00 bits per heavy atom. The summed E-state index contributed by atoms with van der Waals surface area (Å²) in [5.41, 5.74) is 0.566. The van der Waals surface area contributed by atoms with Gasteiger partial charge < -0.3 is 14.1 Å². The third kappa shape index (κ3) is 3.10. The van der Waals surface area contributed by atoms with Gasteiger partial charge in [-0.15, -0.1) is 0 Å². The van der Waals surface area contributed by atoms with Crippen LogP contribution in [0.4, 0.5) is 13.2 Å². The zero-order chi connectivity index (χ0) is 19.1. The SMILES string of the molecule is CCOC(=O)/C=C/c1c(C)cc2c(=O)[nH]c3cc(C(F)(F)F)ccc3n12. The number of esters is 1. The number of H-pyrrole nitrogens is 1. The van der Waals surface area contributed by atoms with E-state index >= 15 is 0 Å². The number of carbonyl (C=O) groups is 1. The molecular weight excluding hydrogens is 349 g/mol. The zero-order valence-corrected chi connectivity index (χ0v) is 14.0. The average Bonchev–Trinajstić information content (AvgIpc) is 2.89. The van der Waals surface area contributed by atoms with Crippen LogP contribution in [0.1, 0.15) is 23.7 Å². The third-order valence-electron chi connectivity index (χ3n) is 3.95. The second-order valence-electron chi connectivity index (χ2n) is 5.70. The molecule has 2 aromatic heterocycles. The predicted molar refractivity (Wildman–Crippen MR) is 90.9 cm³/mol. The van der Waals surface area contributed by atoms with E-state index in [0.717, 1.165) is 12.1 Å². The van der Waals surface area contributed by atoms with Crippen LogP contribution in [-0.2, 0) is 15.7 Å². The molecule has 5 nitrogen and oxygen atoms in total. The van der Waals surface area contributed by atoms with Gasteiger partial charge in [-0.3, -0.25) is 4.79 Å². The number of aromatic amines is 1. The standard InChI is InChI=1S/C18H15F3N2O3/c1-3-26-16(24)7-6-13-10(2)8-15-17(25)22-12-9-11(18(19,20)21)4-5-14(12)23(13)15/h4-9H,3H2,1-2H3,(H,22,25)/b7-6+. The molecule has 0 unspecified atom stereocenters. The lowest BCUT2D eigenvalue weighted by Gasteiger charge is -2.10. The minimum Gasteiger partial charge on any atom is -0.463 e. The van der Waals surface area contributed by atoms with Gasteiger partial charge in [-0.05, 0) is 49.8 Å². The van der Waals surface area contributed by atoms with Crippen molar-refractivity contribution in [3.63, 3.8) is 0 Å². The van der Waals surface area contributed by atoms with E-state index in [9.17, 15) is 22.8 Å². The molecule has 0 bridgehead atoms. The number of nitrogens with one attached hydrogen (secondary N) is 1. The topological polar surface area (TPSA) is 63.6 Å². The maximum absolute atomic E-state index is 12.9. The summed E-state index contributed by atoms with van der Waals surface area (Å²) in [5, 5.41) is 0. The number of nitrogens with zero attached hydrogens (tertiary/aromatic N) is 1. The monoisotopic (exact) mass is 364 g/mol. The van der Waals surface area contributed by atoms with Crippen LogP contribution in [0.25, 0.3) is 22.6 Å². The average molecular weight is 364 g/mol. The van der Waals surface area contributed by atoms with Crippen molar-refractivity contribution in [1.82, 2.24) is 9.38 Å². The van der Waals surface area contributed by atoms with Crippen LogP contribution in [0.5, 0.6) is 0 Å². The number of rotatable bonds is 3. The van der Waals surface area contributed by atoms with Crippen molar-refractivity contribution < 1.29 is 22.7 Å². The molecule has 136 valence electrons. The maximum Gasteiger partial charge on any atom is 0.416 e. The molecule has 0 saturated carbocycles. The predicted octanol–water partition coefficient (Wildman–Crippen LogP) is 3.68. The molecule has 0 amide bonds. The number of benzene rings is 1. The van der Waals surface area contributed by atoms with Gasteiger partial charge in [0.25, 0.3) is 5.56 Å². The number of fused-ring (bicyclic) bond motifs is 3. The van der Waals surface area contributed by atoms with E-state index in [1.165, 1.54) is 22.6 Å². The highest BCUT2D eigenvalue weighted by Crippen LogP contribution is 2.31. The fourth-order valence-corrected chi connectivity index (χ4v) is 2.81. The Morgan fingerprint density at radius 1 is 1.27 bits per heavy atom. The van der Waals surface area contributed by atoms with Gasteiger partial charge in [0.15, 0.2) is 0 Å². The van der Waals surface area contributed by atoms with Crippen molar-refractivity contribution in [2.75, 3.05) is 6.61 Å². The zero-order valence-electron chi connectivity index (χ0n) is 14.0. The van der Waals surface area contributed by atoms with E-state index in [1.54, 1.807) is 19.9 Å². The summed E-state index contributed by atoms with van der Waals surface area (Å²) in [4.78, 5) is 26.3.